The van der Waals surface area contributed by atoms with Gasteiger partial charge in [-0.15, -0.1) is 0 Å². The van der Waals surface area contributed by atoms with Gasteiger partial charge in [-0.05, 0) is 30.3 Å². The summed E-state index contributed by atoms with van der Waals surface area (Å²) < 4.78 is 10.5. The van der Waals surface area contributed by atoms with Gasteiger partial charge in [0.25, 0.3) is 11.8 Å². The van der Waals surface area contributed by atoms with E-state index < -0.39 is 11.8 Å². The van der Waals surface area contributed by atoms with E-state index in [1.165, 1.54) is 0 Å². The minimum absolute atomic E-state index is 0.00692. The number of thiazole rings is 1. The highest BCUT2D eigenvalue weighted by Crippen LogP contribution is 2.34. The second kappa shape index (κ2) is 6.96. The molecule has 0 spiro atoms. The maximum Gasteiger partial charge on any atom is 0.270 e. The van der Waals surface area contributed by atoms with E-state index in [-0.39, 0.29) is 17.5 Å². The zero-order valence-electron chi connectivity index (χ0n) is 13.9. The Labute approximate surface area is 157 Å². The van der Waals surface area contributed by atoms with E-state index >= 15 is 0 Å². The van der Waals surface area contributed by atoms with E-state index in [0.717, 1.165) is 17.0 Å². The number of rotatable bonds is 5. The number of carbonyl (C=O) groups is 2. The van der Waals surface area contributed by atoms with Crippen LogP contribution in [0.5, 0.6) is 11.5 Å². The average molecular weight is 382 g/mol. The van der Waals surface area contributed by atoms with Crippen molar-refractivity contribution >= 4 is 39.0 Å². The largest absolute Gasteiger partial charge is 0.454 e. The predicted molar refractivity (Wildman–Crippen MR) is 101 cm³/mol. The second-order valence-electron chi connectivity index (χ2n) is 5.57. The van der Waals surface area contributed by atoms with Crippen molar-refractivity contribution in [2.75, 3.05) is 17.4 Å². The molecule has 0 unspecified atom stereocenters. The average Bonchev–Trinajstić information content (AvgIpc) is 3.28. The van der Waals surface area contributed by atoms with Crippen LogP contribution in [0, 0.1) is 0 Å². The Kier molecular flexibility index (Phi) is 4.35. The number of carbonyl (C=O) groups excluding carboxylic acids is 2. The summed E-state index contributed by atoms with van der Waals surface area (Å²) >= 11 is 1.12. The van der Waals surface area contributed by atoms with Crippen LogP contribution in [0.2, 0.25) is 0 Å². The SMILES string of the molecule is NC(=O)c1nc(Nc2ccccc2)sc1NC(=O)c1ccc2c(c1)OCO2. The van der Waals surface area contributed by atoms with Crippen molar-refractivity contribution in [3.8, 4) is 11.5 Å². The summed E-state index contributed by atoms with van der Waals surface area (Å²) in [5.41, 5.74) is 6.56. The van der Waals surface area contributed by atoms with Crippen LogP contribution in [-0.4, -0.2) is 23.6 Å². The Morgan fingerprint density at radius 1 is 1.07 bits per heavy atom. The minimum Gasteiger partial charge on any atom is -0.454 e. The normalized spacial score (nSPS) is 11.9. The summed E-state index contributed by atoms with van der Waals surface area (Å²) in [5, 5.41) is 6.47. The summed E-state index contributed by atoms with van der Waals surface area (Å²) in [7, 11) is 0. The van der Waals surface area contributed by atoms with Gasteiger partial charge in [-0.1, -0.05) is 29.5 Å². The fourth-order valence-corrected chi connectivity index (χ4v) is 3.37. The first-order valence-electron chi connectivity index (χ1n) is 7.94. The number of hydrogen-bond donors (Lipinski definition) is 3. The highest BCUT2D eigenvalue weighted by molar-refractivity contribution is 7.20. The smallest absolute Gasteiger partial charge is 0.270 e. The van der Waals surface area contributed by atoms with Crippen molar-refractivity contribution < 1.29 is 19.1 Å². The molecule has 4 rings (SSSR count). The van der Waals surface area contributed by atoms with Gasteiger partial charge in [0, 0.05) is 11.3 Å². The highest BCUT2D eigenvalue weighted by atomic mass is 32.1. The molecule has 2 aromatic carbocycles. The number of nitrogens with zero attached hydrogens (tertiary/aromatic N) is 1. The molecule has 3 aromatic rings. The van der Waals surface area contributed by atoms with E-state index in [1.807, 2.05) is 30.3 Å². The van der Waals surface area contributed by atoms with E-state index in [1.54, 1.807) is 18.2 Å². The van der Waals surface area contributed by atoms with Gasteiger partial charge >= 0.3 is 0 Å². The van der Waals surface area contributed by atoms with E-state index in [4.69, 9.17) is 15.2 Å². The summed E-state index contributed by atoms with van der Waals surface area (Å²) in [4.78, 5) is 28.4. The lowest BCUT2D eigenvalue weighted by molar-refractivity contribution is 0.0997. The molecule has 136 valence electrons. The Morgan fingerprint density at radius 3 is 2.63 bits per heavy atom. The first-order valence-corrected chi connectivity index (χ1v) is 8.75. The fourth-order valence-electron chi connectivity index (χ4n) is 2.48. The number of nitrogens with two attached hydrogens (primary N) is 1. The summed E-state index contributed by atoms with van der Waals surface area (Å²) in [6.07, 6.45) is 0. The number of para-hydroxylation sites is 1. The number of aromatic nitrogens is 1. The number of ether oxygens (including phenoxy) is 2. The predicted octanol–water partition coefficient (Wildman–Crippen LogP) is 2.97. The first-order chi connectivity index (χ1) is 13.1. The lowest BCUT2D eigenvalue weighted by atomic mass is 10.2. The van der Waals surface area contributed by atoms with E-state index in [0.29, 0.717) is 22.2 Å². The molecule has 1 aliphatic rings. The van der Waals surface area contributed by atoms with Gasteiger partial charge in [-0.3, -0.25) is 9.59 Å². The molecule has 4 N–H and O–H groups in total. The molecule has 1 aromatic heterocycles. The van der Waals surface area contributed by atoms with Crippen molar-refractivity contribution in [1.29, 1.82) is 0 Å². The van der Waals surface area contributed by atoms with Gasteiger partial charge in [0.1, 0.15) is 5.00 Å². The van der Waals surface area contributed by atoms with Crippen LogP contribution in [0.4, 0.5) is 15.8 Å². The topological polar surface area (TPSA) is 116 Å². The molecule has 0 saturated carbocycles. The van der Waals surface area contributed by atoms with Crippen LogP contribution in [0.1, 0.15) is 20.8 Å². The molecule has 0 fully saturated rings. The van der Waals surface area contributed by atoms with Crippen LogP contribution in [0.15, 0.2) is 48.5 Å². The quantitative estimate of drug-likeness (QED) is 0.625. The number of amides is 2. The van der Waals surface area contributed by atoms with Gasteiger partial charge in [-0.2, -0.15) is 0 Å². The van der Waals surface area contributed by atoms with Gasteiger partial charge in [0.05, 0.1) is 0 Å². The van der Waals surface area contributed by atoms with Crippen LogP contribution in [0.3, 0.4) is 0 Å². The van der Waals surface area contributed by atoms with Crippen LogP contribution in [0.25, 0.3) is 0 Å². The molecule has 2 amide bonds. The monoisotopic (exact) mass is 382 g/mol. The Bertz CT molecular complexity index is 1020. The zero-order chi connectivity index (χ0) is 18.8. The molecule has 0 aliphatic carbocycles. The Hall–Kier alpha value is -3.59. The molecule has 0 radical (unpaired) electrons. The number of primary amides is 1. The van der Waals surface area contributed by atoms with Gasteiger partial charge in [0.15, 0.2) is 22.3 Å². The third-order valence-corrected chi connectivity index (χ3v) is 4.63. The molecule has 0 saturated heterocycles. The number of anilines is 3. The maximum absolute atomic E-state index is 12.6. The standard InChI is InChI=1S/C18H14N4O4S/c19-15(23)14-17(27-18(21-14)20-11-4-2-1-3-5-11)22-16(24)10-6-7-12-13(8-10)26-9-25-12/h1-8H,9H2,(H2,19,23)(H,20,21)(H,22,24). The lowest BCUT2D eigenvalue weighted by Crippen LogP contribution is -2.17. The minimum atomic E-state index is -0.728. The molecular weight excluding hydrogens is 368 g/mol. The molecule has 27 heavy (non-hydrogen) atoms. The second-order valence-corrected chi connectivity index (χ2v) is 6.57. The van der Waals surface area contributed by atoms with Crippen molar-refractivity contribution in [1.82, 2.24) is 4.98 Å². The summed E-state index contributed by atoms with van der Waals surface area (Å²) in [6.45, 7) is 0.121. The number of fused-ring (bicyclic) bond motifs is 1. The van der Waals surface area contributed by atoms with Gasteiger partial charge in [-0.25, -0.2) is 4.98 Å². The third-order valence-electron chi connectivity index (χ3n) is 3.75. The number of hydrogen-bond acceptors (Lipinski definition) is 7. The maximum atomic E-state index is 12.6. The van der Waals surface area contributed by atoms with E-state index in [9.17, 15) is 9.59 Å². The lowest BCUT2D eigenvalue weighted by Gasteiger charge is -2.04. The van der Waals surface area contributed by atoms with Crippen LogP contribution in [-0.2, 0) is 0 Å². The molecular formula is C18H14N4O4S. The third kappa shape index (κ3) is 3.53. The molecule has 2 heterocycles. The molecule has 0 atom stereocenters. The Balaban J connectivity index is 1.57. The number of nitrogens with one attached hydrogen (secondary N) is 2. The Morgan fingerprint density at radius 2 is 1.85 bits per heavy atom. The fraction of sp³-hybridized carbons (Fsp3) is 0.0556. The van der Waals surface area contributed by atoms with Crippen molar-refractivity contribution in [2.45, 2.75) is 0 Å². The van der Waals surface area contributed by atoms with Crippen molar-refractivity contribution in [3.63, 3.8) is 0 Å². The molecule has 0 bridgehead atoms. The van der Waals surface area contributed by atoms with E-state index in [2.05, 4.69) is 15.6 Å². The van der Waals surface area contributed by atoms with Gasteiger partial charge in [0.2, 0.25) is 6.79 Å². The van der Waals surface area contributed by atoms with Crippen LogP contribution >= 0.6 is 11.3 Å². The highest BCUT2D eigenvalue weighted by Gasteiger charge is 2.21. The van der Waals surface area contributed by atoms with Crippen molar-refractivity contribution in [2.24, 2.45) is 5.73 Å². The number of benzene rings is 2. The van der Waals surface area contributed by atoms with Crippen molar-refractivity contribution in [3.05, 3.63) is 59.8 Å². The molecule has 9 heteroatoms. The van der Waals surface area contributed by atoms with Crippen LogP contribution < -0.4 is 25.8 Å². The van der Waals surface area contributed by atoms with Gasteiger partial charge < -0.3 is 25.8 Å². The summed E-state index contributed by atoms with van der Waals surface area (Å²) in [6, 6.07) is 14.2. The zero-order valence-corrected chi connectivity index (χ0v) is 14.7. The molecule has 8 nitrogen and oxygen atoms in total. The first kappa shape index (κ1) is 16.9. The molecule has 1 aliphatic heterocycles. The summed E-state index contributed by atoms with van der Waals surface area (Å²) in [5.74, 6) is -0.0657.